The molecule has 0 spiro atoms. The van der Waals surface area contributed by atoms with Crippen LogP contribution in [-0.2, 0) is 14.4 Å². The van der Waals surface area contributed by atoms with Crippen LogP contribution in [0.4, 0.5) is 5.69 Å². The van der Waals surface area contributed by atoms with Gasteiger partial charge in [0.05, 0.1) is 25.4 Å². The molecule has 54 heavy (non-hydrogen) atoms. The Kier molecular flexibility index (Phi) is 13.6. The number of methoxy groups -OCH3 is 1. The number of hydrogen-bond donors (Lipinski definition) is 4. The number of hydroxylamine groups is 2. The minimum atomic E-state index is -0.857. The van der Waals surface area contributed by atoms with E-state index in [0.29, 0.717) is 48.4 Å². The van der Waals surface area contributed by atoms with Gasteiger partial charge in [0, 0.05) is 97.5 Å². The molecule has 0 aromatic heterocycles. The summed E-state index contributed by atoms with van der Waals surface area (Å²) in [5.74, 6) is 1.48. The van der Waals surface area contributed by atoms with E-state index in [0.717, 1.165) is 42.9 Å². The Morgan fingerprint density at radius 2 is 1.80 bits per heavy atom. The third kappa shape index (κ3) is 8.70. The Bertz CT molecular complexity index is 1470. The van der Waals surface area contributed by atoms with Crippen molar-refractivity contribution in [3.05, 3.63) is 29.3 Å². The van der Waals surface area contributed by atoms with Gasteiger partial charge in [-0.1, -0.05) is 27.2 Å². The van der Waals surface area contributed by atoms with Gasteiger partial charge in [0.15, 0.2) is 5.96 Å². The second-order valence-electron chi connectivity index (χ2n) is 17.7. The number of fused-ring (bicyclic) bond motifs is 2. The van der Waals surface area contributed by atoms with E-state index in [9.17, 15) is 19.8 Å². The van der Waals surface area contributed by atoms with E-state index in [1.54, 1.807) is 19.1 Å². The molecular weight excluding hydrogens is 686 g/mol. The molecule has 2 amide bonds. The number of carbonyl (C=O) groups is 2. The second-order valence-corrected chi connectivity index (χ2v) is 17.7. The molecule has 13 nitrogen and oxygen atoms in total. The zero-order valence-electron chi connectivity index (χ0n) is 34.7. The number of anilines is 1. The summed E-state index contributed by atoms with van der Waals surface area (Å²) in [6.45, 7) is 9.61. The summed E-state index contributed by atoms with van der Waals surface area (Å²) in [4.78, 5) is 44.7. The van der Waals surface area contributed by atoms with Crippen molar-refractivity contribution < 1.29 is 29.4 Å². The van der Waals surface area contributed by atoms with E-state index in [-0.39, 0.29) is 42.4 Å². The monoisotopic (exact) mass is 756 g/mol. The highest BCUT2D eigenvalue weighted by atomic mass is 16.7. The Morgan fingerprint density at radius 3 is 2.37 bits per heavy atom. The molecule has 3 unspecified atom stereocenters. The molecule has 6 rings (SSSR count). The van der Waals surface area contributed by atoms with E-state index in [4.69, 9.17) is 9.57 Å². The van der Waals surface area contributed by atoms with Crippen LogP contribution in [0.25, 0.3) is 0 Å². The first-order valence-electron chi connectivity index (χ1n) is 20.0. The van der Waals surface area contributed by atoms with Gasteiger partial charge in [0.1, 0.15) is 12.1 Å². The molecule has 5 aliphatic rings. The van der Waals surface area contributed by atoms with Crippen LogP contribution in [0.2, 0.25) is 0 Å². The number of aliphatic imine (C=N–C) groups is 1. The van der Waals surface area contributed by atoms with Crippen molar-refractivity contribution in [1.29, 1.82) is 0 Å². The predicted molar refractivity (Wildman–Crippen MR) is 212 cm³/mol. The van der Waals surface area contributed by atoms with E-state index in [2.05, 4.69) is 42.5 Å². The SMILES string of the molecule is COC1C(CN2O[C@@H](CO)[C@H]([C@H](C)O)[C@H]2C(=O)N[C@H]2C[C@H]3C[C@@H]([C@@H]2C)C3(C)C)CCCC1c1cc(C(=O)NCCN=C(N(C)C)N(C)C)cc(N(C)C)c1. The van der Waals surface area contributed by atoms with Gasteiger partial charge in [0.2, 0.25) is 5.91 Å². The van der Waals surface area contributed by atoms with Crippen molar-refractivity contribution >= 4 is 23.5 Å². The number of nitrogens with one attached hydrogen (secondary N) is 2. The smallest absolute Gasteiger partial charge is 0.251 e. The average Bonchev–Trinajstić information content (AvgIpc) is 3.50. The topological polar surface area (TPSA) is 142 Å². The number of nitrogens with zero attached hydrogens (tertiary/aromatic N) is 5. The molecule has 304 valence electrons. The van der Waals surface area contributed by atoms with Gasteiger partial charge in [-0.25, -0.2) is 0 Å². The number of rotatable bonds is 13. The van der Waals surface area contributed by atoms with Crippen LogP contribution >= 0.6 is 0 Å². The molecule has 0 radical (unpaired) electrons. The fraction of sp³-hybridized carbons (Fsp3) is 0.780. The summed E-state index contributed by atoms with van der Waals surface area (Å²) in [5, 5.41) is 29.5. The first kappa shape index (κ1) is 42.2. The molecule has 4 N–H and O–H groups in total. The van der Waals surface area contributed by atoms with Crippen LogP contribution in [0.3, 0.4) is 0 Å². The summed E-state index contributed by atoms with van der Waals surface area (Å²) in [7, 11) is 13.5. The van der Waals surface area contributed by atoms with E-state index in [1.807, 2.05) is 69.1 Å². The molecule has 4 saturated carbocycles. The maximum atomic E-state index is 14.3. The summed E-state index contributed by atoms with van der Waals surface area (Å²) in [5.41, 5.74) is 2.84. The largest absolute Gasteiger partial charge is 0.394 e. The lowest BCUT2D eigenvalue weighted by Gasteiger charge is -2.62. The number of amides is 2. The molecule has 1 aromatic carbocycles. The molecule has 5 fully saturated rings. The number of benzene rings is 1. The van der Waals surface area contributed by atoms with E-state index in [1.165, 1.54) is 6.42 Å². The second kappa shape index (κ2) is 17.4. The Morgan fingerprint density at radius 1 is 1.09 bits per heavy atom. The fourth-order valence-electron chi connectivity index (χ4n) is 10.2. The predicted octanol–water partition coefficient (Wildman–Crippen LogP) is 3.02. The standard InChI is InChI=1S/C41H69N7O6/c1-24-32-20-29(41(32,3)4)21-33(24)44-39(52)36-35(25(2)50)34(23-49)54-48(36)22-26-13-12-14-31(37(26)53-11)27-17-28(19-30(18-27)45(5)6)38(51)42-15-16-43-40(46(7)8)47(9)10/h17-19,24-26,29,31-37,49-50H,12-16,20-23H2,1-11H3,(H,42,51)(H,44,52)/t24-,25-,26?,29+,31?,32-,33-,34-,35-,36-,37?/m0/s1. The van der Waals surface area contributed by atoms with E-state index >= 15 is 0 Å². The van der Waals surface area contributed by atoms with Gasteiger partial charge in [-0.3, -0.25) is 19.4 Å². The highest BCUT2D eigenvalue weighted by Crippen LogP contribution is 2.61. The van der Waals surface area contributed by atoms with Crippen LogP contribution < -0.4 is 15.5 Å². The molecule has 1 saturated heterocycles. The molecule has 4 aliphatic carbocycles. The lowest BCUT2D eigenvalue weighted by molar-refractivity contribution is -0.190. The first-order valence-corrected chi connectivity index (χ1v) is 20.0. The van der Waals surface area contributed by atoms with E-state index < -0.39 is 24.2 Å². The van der Waals surface area contributed by atoms with Crippen molar-refractivity contribution in [3.8, 4) is 0 Å². The highest BCUT2D eigenvalue weighted by molar-refractivity contribution is 5.95. The van der Waals surface area contributed by atoms with Gasteiger partial charge in [-0.2, -0.15) is 5.06 Å². The van der Waals surface area contributed by atoms with Crippen LogP contribution in [0.5, 0.6) is 0 Å². The number of carbonyl (C=O) groups excluding carboxylic acids is 2. The number of aliphatic hydroxyl groups excluding tert-OH is 2. The van der Waals surface area contributed by atoms with Crippen molar-refractivity contribution in [1.82, 2.24) is 25.5 Å². The zero-order valence-corrected chi connectivity index (χ0v) is 34.7. The molecule has 1 aliphatic heterocycles. The lowest BCUT2D eigenvalue weighted by Crippen LogP contribution is -2.62. The molecule has 1 aromatic rings. The van der Waals surface area contributed by atoms with Gasteiger partial charge in [-0.05, 0) is 79.5 Å². The minimum absolute atomic E-state index is 0.000991. The maximum Gasteiger partial charge on any atom is 0.251 e. The Labute approximate surface area is 323 Å². The number of ether oxygens (including phenoxy) is 1. The van der Waals surface area contributed by atoms with Crippen LogP contribution in [0, 0.1) is 35.0 Å². The quantitative estimate of drug-likeness (QED) is 0.135. The maximum absolute atomic E-state index is 14.3. The Balaban J connectivity index is 1.34. The summed E-state index contributed by atoms with van der Waals surface area (Å²) < 4.78 is 6.30. The van der Waals surface area contributed by atoms with Crippen LogP contribution in [-0.4, -0.2) is 149 Å². The third-order valence-corrected chi connectivity index (χ3v) is 13.3. The molecule has 2 bridgehead atoms. The number of aliphatic hydroxyl groups is 2. The molecule has 1 heterocycles. The van der Waals surface area contributed by atoms with Crippen molar-refractivity contribution in [2.24, 2.45) is 40.0 Å². The van der Waals surface area contributed by atoms with Gasteiger partial charge >= 0.3 is 0 Å². The third-order valence-electron chi connectivity index (χ3n) is 13.3. The van der Waals surface area contributed by atoms with Gasteiger partial charge in [-0.15, -0.1) is 0 Å². The minimum Gasteiger partial charge on any atom is -0.394 e. The lowest BCUT2D eigenvalue weighted by atomic mass is 9.45. The average molecular weight is 756 g/mol. The summed E-state index contributed by atoms with van der Waals surface area (Å²) in [6, 6.07) is 5.37. The molecule has 11 atom stereocenters. The normalized spacial score (nSPS) is 32.2. The van der Waals surface area contributed by atoms with Crippen LogP contribution in [0.15, 0.2) is 23.2 Å². The van der Waals surface area contributed by atoms with Crippen molar-refractivity contribution in [2.45, 2.75) is 96.1 Å². The van der Waals surface area contributed by atoms with Gasteiger partial charge < -0.3 is 40.3 Å². The number of guanidine groups is 1. The van der Waals surface area contributed by atoms with Crippen molar-refractivity contribution in [3.63, 3.8) is 0 Å². The summed E-state index contributed by atoms with van der Waals surface area (Å²) >= 11 is 0. The van der Waals surface area contributed by atoms with Crippen LogP contribution in [0.1, 0.15) is 81.6 Å². The molecular formula is C41H69N7O6. The highest BCUT2D eigenvalue weighted by Gasteiger charge is 2.57. The molecule has 13 heteroatoms. The summed E-state index contributed by atoms with van der Waals surface area (Å²) in [6.07, 6.45) is 3.10. The number of hydrogen-bond acceptors (Lipinski definition) is 9. The first-order chi connectivity index (χ1) is 25.5. The van der Waals surface area contributed by atoms with Gasteiger partial charge in [0.25, 0.3) is 5.91 Å². The fourth-order valence-corrected chi connectivity index (χ4v) is 10.2. The Hall–Kier alpha value is -2.97. The zero-order chi connectivity index (χ0) is 39.6. The van der Waals surface area contributed by atoms with Crippen molar-refractivity contribution in [2.75, 3.05) is 80.5 Å².